The van der Waals surface area contributed by atoms with Crippen molar-refractivity contribution in [2.45, 2.75) is 50.9 Å². The lowest BCUT2D eigenvalue weighted by Gasteiger charge is -2.34. The van der Waals surface area contributed by atoms with Crippen molar-refractivity contribution in [1.82, 2.24) is 5.32 Å². The van der Waals surface area contributed by atoms with Gasteiger partial charge >= 0.3 is 7.12 Å². The molecule has 1 aliphatic heterocycles. The van der Waals surface area contributed by atoms with E-state index in [2.05, 4.69) is 11.4 Å². The molecule has 0 saturated heterocycles. The van der Waals surface area contributed by atoms with Crippen LogP contribution in [0, 0.1) is 5.41 Å². The van der Waals surface area contributed by atoms with Crippen LogP contribution in [0.25, 0.3) is 11.0 Å². The molecule has 1 spiro atoms. The third-order valence-electron chi connectivity index (χ3n) is 6.96. The van der Waals surface area contributed by atoms with Gasteiger partial charge in [0.05, 0.1) is 25.2 Å². The van der Waals surface area contributed by atoms with E-state index in [1.165, 1.54) is 31.2 Å². The summed E-state index contributed by atoms with van der Waals surface area (Å²) < 4.78 is 11.6. The highest BCUT2D eigenvalue weighted by atomic mass is 16.5. The van der Waals surface area contributed by atoms with Crippen LogP contribution in [-0.2, 0) is 24.1 Å². The molecule has 166 valence electrons. The van der Waals surface area contributed by atoms with E-state index < -0.39 is 13.1 Å². The van der Waals surface area contributed by atoms with Crippen LogP contribution in [-0.4, -0.2) is 35.6 Å². The maximum absolute atomic E-state index is 12.7. The molecule has 1 atom stereocenters. The monoisotopic (exact) mass is 433 g/mol. The number of rotatable bonds is 6. The molecule has 3 N–H and O–H groups in total. The number of amides is 1. The summed E-state index contributed by atoms with van der Waals surface area (Å²) in [7, 11) is -1.67. The zero-order valence-electron chi connectivity index (χ0n) is 18.0. The van der Waals surface area contributed by atoms with Gasteiger partial charge in [0, 0.05) is 10.8 Å². The number of ether oxygens (including phenoxy) is 1. The molecule has 32 heavy (non-hydrogen) atoms. The van der Waals surface area contributed by atoms with Gasteiger partial charge in [0.1, 0.15) is 11.3 Å². The quantitative estimate of drug-likeness (QED) is 0.520. The number of carbonyl (C=O) groups excluding carboxylic acids is 1. The first-order valence-corrected chi connectivity index (χ1v) is 11.4. The molecule has 1 amide bonds. The maximum atomic E-state index is 12.7. The molecule has 2 heterocycles. The summed E-state index contributed by atoms with van der Waals surface area (Å²) >= 11 is 0. The van der Waals surface area contributed by atoms with E-state index in [0.717, 1.165) is 40.9 Å². The summed E-state index contributed by atoms with van der Waals surface area (Å²) in [6.45, 7) is 0.790. The van der Waals surface area contributed by atoms with Gasteiger partial charge in [-0.3, -0.25) is 4.79 Å². The number of furan rings is 1. The molecule has 6 nitrogen and oxygen atoms in total. The summed E-state index contributed by atoms with van der Waals surface area (Å²) in [6, 6.07) is 13.5. The van der Waals surface area contributed by atoms with Crippen molar-refractivity contribution in [1.29, 1.82) is 0 Å². The molecule has 3 aromatic rings. The summed E-state index contributed by atoms with van der Waals surface area (Å²) in [6.07, 6.45) is 7.98. The molecule has 1 fully saturated rings. The average Bonchev–Trinajstić information content (AvgIpc) is 3.40. The van der Waals surface area contributed by atoms with Crippen molar-refractivity contribution in [3.63, 3.8) is 0 Å². The predicted molar refractivity (Wildman–Crippen MR) is 122 cm³/mol. The number of para-hydroxylation sites is 1. The van der Waals surface area contributed by atoms with Gasteiger partial charge in [-0.15, -0.1) is 0 Å². The Kier molecular flexibility index (Phi) is 5.70. The minimum atomic E-state index is -1.67. The minimum Gasteiger partial charge on any atom is -0.493 e. The summed E-state index contributed by atoms with van der Waals surface area (Å²) in [4.78, 5) is 12.7. The van der Waals surface area contributed by atoms with E-state index in [-0.39, 0.29) is 24.2 Å². The van der Waals surface area contributed by atoms with E-state index in [1.807, 2.05) is 36.4 Å². The Hall–Kier alpha value is -2.77. The normalized spacial score (nSPS) is 17.7. The van der Waals surface area contributed by atoms with E-state index in [0.29, 0.717) is 0 Å². The smallest absolute Gasteiger partial charge is 0.475 e. The topological polar surface area (TPSA) is 91.9 Å². The number of hydrogen-bond acceptors (Lipinski definition) is 5. The van der Waals surface area contributed by atoms with Crippen LogP contribution in [0.1, 0.15) is 42.4 Å². The van der Waals surface area contributed by atoms with E-state index >= 15 is 0 Å². The van der Waals surface area contributed by atoms with Crippen molar-refractivity contribution in [3.05, 3.63) is 65.4 Å². The highest BCUT2D eigenvalue weighted by molar-refractivity contribution is 6.43. The van der Waals surface area contributed by atoms with Crippen LogP contribution in [0.3, 0.4) is 0 Å². The number of nitrogens with one attached hydrogen (secondary N) is 1. The molecular weight excluding hydrogens is 405 g/mol. The van der Waals surface area contributed by atoms with Crippen LogP contribution >= 0.6 is 0 Å². The first-order chi connectivity index (χ1) is 15.5. The van der Waals surface area contributed by atoms with Gasteiger partial charge in [-0.25, -0.2) is 0 Å². The average molecular weight is 433 g/mol. The second kappa shape index (κ2) is 8.64. The Labute approximate surface area is 187 Å². The van der Waals surface area contributed by atoms with Gasteiger partial charge in [-0.05, 0) is 54.5 Å². The highest BCUT2D eigenvalue weighted by Crippen LogP contribution is 2.45. The van der Waals surface area contributed by atoms with Crippen molar-refractivity contribution in [2.24, 2.45) is 5.41 Å². The van der Waals surface area contributed by atoms with Crippen molar-refractivity contribution >= 4 is 24.0 Å². The highest BCUT2D eigenvalue weighted by Gasteiger charge is 2.38. The fraction of sp³-hybridized carbons (Fsp3) is 0.400. The molecule has 2 aromatic carbocycles. The Morgan fingerprint density at radius 1 is 1.16 bits per heavy atom. The maximum Gasteiger partial charge on any atom is 0.475 e. The van der Waals surface area contributed by atoms with E-state index in [1.54, 1.807) is 6.26 Å². The number of hydrogen-bond donors (Lipinski definition) is 3. The number of carbonyl (C=O) groups is 1. The molecule has 2 aliphatic rings. The molecule has 0 unspecified atom stereocenters. The van der Waals surface area contributed by atoms with Crippen molar-refractivity contribution < 1.29 is 24.0 Å². The predicted octanol–water partition coefficient (Wildman–Crippen LogP) is 3.21. The van der Waals surface area contributed by atoms with Crippen LogP contribution in [0.5, 0.6) is 5.75 Å². The first-order valence-electron chi connectivity index (χ1n) is 11.4. The minimum absolute atomic E-state index is 0.176. The van der Waals surface area contributed by atoms with Crippen LogP contribution in [0.4, 0.5) is 0 Å². The molecule has 0 radical (unpaired) electrons. The van der Waals surface area contributed by atoms with E-state index in [4.69, 9.17) is 9.15 Å². The summed E-state index contributed by atoms with van der Waals surface area (Å²) in [5.41, 5.74) is 3.89. The van der Waals surface area contributed by atoms with Gasteiger partial charge in [-0.2, -0.15) is 0 Å². The lowest BCUT2D eigenvalue weighted by molar-refractivity contribution is -0.120. The zero-order chi connectivity index (χ0) is 22.1. The first kappa shape index (κ1) is 21.1. The Bertz CT molecular complexity index is 1120. The number of benzene rings is 2. The lowest BCUT2D eigenvalue weighted by Crippen LogP contribution is -2.48. The zero-order valence-corrected chi connectivity index (χ0v) is 18.0. The molecule has 0 bridgehead atoms. The van der Waals surface area contributed by atoms with Crippen LogP contribution in [0.15, 0.2) is 53.1 Å². The molecule has 1 aromatic heterocycles. The fourth-order valence-corrected chi connectivity index (χ4v) is 5.26. The molecule has 1 saturated carbocycles. The standard InChI is InChI=1S/C25H28BNO5/c28-24(27-23(26(29)30)13-19-15-31-22-6-2-1-5-20(19)22)12-17-7-8-21-18(11-17)14-25(16-32-21)9-3-4-10-25/h1-2,5-8,11,15,23,29-30H,3-4,9-10,12-14,16H2,(H,27,28)/t23-/m0/s1. The van der Waals surface area contributed by atoms with Crippen LogP contribution < -0.4 is 10.1 Å². The largest absolute Gasteiger partial charge is 0.493 e. The fourth-order valence-electron chi connectivity index (χ4n) is 5.26. The lowest BCUT2D eigenvalue weighted by atomic mass is 9.75. The molecule has 5 rings (SSSR count). The second-order valence-corrected chi connectivity index (χ2v) is 9.34. The van der Waals surface area contributed by atoms with Crippen molar-refractivity contribution in [2.75, 3.05) is 6.61 Å². The van der Waals surface area contributed by atoms with Gasteiger partial charge in [-0.1, -0.05) is 43.2 Å². The van der Waals surface area contributed by atoms with Gasteiger partial charge in [0.25, 0.3) is 0 Å². The van der Waals surface area contributed by atoms with Gasteiger partial charge in [0.15, 0.2) is 0 Å². The summed E-state index contributed by atoms with van der Waals surface area (Å²) in [5, 5.41) is 23.4. The Morgan fingerprint density at radius 2 is 1.97 bits per heavy atom. The SMILES string of the molecule is O=C(Cc1ccc2c(c1)CC1(CCCC1)CO2)N[C@@H](Cc1coc2ccccc12)B(O)O. The molecular formula is C25H28BNO5. The second-order valence-electron chi connectivity index (χ2n) is 9.34. The summed E-state index contributed by atoms with van der Waals surface area (Å²) in [5.74, 6) is -0.156. The Morgan fingerprint density at radius 3 is 2.78 bits per heavy atom. The van der Waals surface area contributed by atoms with Gasteiger partial charge in [0.2, 0.25) is 5.91 Å². The molecule has 7 heteroatoms. The third kappa shape index (κ3) is 4.27. The van der Waals surface area contributed by atoms with Crippen LogP contribution in [0.2, 0.25) is 0 Å². The van der Waals surface area contributed by atoms with Gasteiger partial charge < -0.3 is 24.5 Å². The van der Waals surface area contributed by atoms with Crippen molar-refractivity contribution in [3.8, 4) is 5.75 Å². The third-order valence-corrected chi connectivity index (χ3v) is 6.96. The van der Waals surface area contributed by atoms with E-state index in [9.17, 15) is 14.8 Å². The number of fused-ring (bicyclic) bond motifs is 2. The Balaban J connectivity index is 1.26. The molecule has 1 aliphatic carbocycles.